The Hall–Kier alpha value is -1.39. The van der Waals surface area contributed by atoms with Gasteiger partial charge in [-0.25, -0.2) is 4.98 Å². The summed E-state index contributed by atoms with van der Waals surface area (Å²) >= 11 is 0. The Morgan fingerprint density at radius 2 is 2.17 bits per heavy atom. The smallest absolute Gasteiger partial charge is 0.181 e. The third kappa shape index (κ3) is 2.71. The Morgan fingerprint density at radius 1 is 1.39 bits per heavy atom. The lowest BCUT2D eigenvalue weighted by molar-refractivity contribution is 0.140. The molecule has 0 spiro atoms. The number of benzene rings is 1. The van der Waals surface area contributed by atoms with Gasteiger partial charge in [-0.05, 0) is 51.6 Å². The van der Waals surface area contributed by atoms with Crippen molar-refractivity contribution >= 4 is 11.1 Å². The molecule has 0 saturated heterocycles. The number of hydrogen-bond acceptors (Lipinski definition) is 4. The molecule has 2 rings (SSSR count). The number of oxazole rings is 1. The molecule has 0 aliphatic carbocycles. The SMILES string of the molecule is CN(Cc1ccc2ncoc2c1)C(C)(C)CCN. The van der Waals surface area contributed by atoms with E-state index < -0.39 is 0 Å². The van der Waals surface area contributed by atoms with Crippen molar-refractivity contribution in [1.82, 2.24) is 9.88 Å². The molecule has 2 N–H and O–H groups in total. The number of fused-ring (bicyclic) bond motifs is 1. The third-order valence-corrected chi connectivity index (χ3v) is 3.60. The summed E-state index contributed by atoms with van der Waals surface area (Å²) in [7, 11) is 2.13. The highest BCUT2D eigenvalue weighted by Gasteiger charge is 2.22. The van der Waals surface area contributed by atoms with E-state index in [9.17, 15) is 0 Å². The Balaban J connectivity index is 2.12. The van der Waals surface area contributed by atoms with E-state index in [2.05, 4.69) is 42.9 Å². The van der Waals surface area contributed by atoms with Gasteiger partial charge < -0.3 is 10.2 Å². The highest BCUT2D eigenvalue weighted by Crippen LogP contribution is 2.21. The molecular weight excluding hydrogens is 226 g/mol. The summed E-state index contributed by atoms with van der Waals surface area (Å²) in [5, 5.41) is 0. The number of hydrogen-bond donors (Lipinski definition) is 1. The van der Waals surface area contributed by atoms with E-state index in [-0.39, 0.29) is 5.54 Å². The lowest BCUT2D eigenvalue weighted by atomic mass is 9.98. The molecular formula is C14H21N3O. The zero-order valence-electron chi connectivity index (χ0n) is 11.3. The standard InChI is InChI=1S/C14H21N3O/c1-14(2,6-7-15)17(3)9-11-4-5-12-13(8-11)18-10-16-12/h4-5,8,10H,6-7,9,15H2,1-3H3. The first-order chi connectivity index (χ1) is 8.53. The van der Waals surface area contributed by atoms with E-state index in [0.717, 1.165) is 24.1 Å². The van der Waals surface area contributed by atoms with Crippen LogP contribution in [-0.4, -0.2) is 29.0 Å². The van der Waals surface area contributed by atoms with Crippen LogP contribution < -0.4 is 5.73 Å². The van der Waals surface area contributed by atoms with Crippen LogP contribution in [0.15, 0.2) is 29.0 Å². The maximum atomic E-state index is 5.66. The summed E-state index contributed by atoms with van der Waals surface area (Å²) in [5.41, 5.74) is 8.74. The average Bonchev–Trinajstić information content (AvgIpc) is 2.76. The lowest BCUT2D eigenvalue weighted by Gasteiger charge is -2.35. The Kier molecular flexibility index (Phi) is 3.68. The van der Waals surface area contributed by atoms with Crippen LogP contribution in [-0.2, 0) is 6.54 Å². The molecule has 0 amide bonds. The minimum atomic E-state index is 0.102. The molecule has 4 nitrogen and oxygen atoms in total. The first-order valence-electron chi connectivity index (χ1n) is 6.26. The van der Waals surface area contributed by atoms with Gasteiger partial charge in [0.25, 0.3) is 0 Å². The second-order valence-electron chi connectivity index (χ2n) is 5.36. The van der Waals surface area contributed by atoms with E-state index in [4.69, 9.17) is 10.2 Å². The summed E-state index contributed by atoms with van der Waals surface area (Å²) in [6.45, 7) is 6.02. The minimum absolute atomic E-state index is 0.102. The molecule has 0 unspecified atom stereocenters. The normalized spacial score (nSPS) is 12.5. The van der Waals surface area contributed by atoms with Crippen molar-refractivity contribution in [1.29, 1.82) is 0 Å². The molecule has 0 aliphatic rings. The quantitative estimate of drug-likeness (QED) is 0.881. The summed E-state index contributed by atoms with van der Waals surface area (Å²) in [6, 6.07) is 6.15. The first-order valence-corrected chi connectivity index (χ1v) is 6.26. The zero-order valence-corrected chi connectivity index (χ0v) is 11.3. The van der Waals surface area contributed by atoms with Gasteiger partial charge in [0.15, 0.2) is 12.0 Å². The van der Waals surface area contributed by atoms with E-state index in [1.54, 1.807) is 0 Å². The van der Waals surface area contributed by atoms with Crippen LogP contribution in [0, 0.1) is 0 Å². The summed E-state index contributed by atoms with van der Waals surface area (Å²) in [6.07, 6.45) is 2.46. The summed E-state index contributed by atoms with van der Waals surface area (Å²) in [4.78, 5) is 6.44. The van der Waals surface area contributed by atoms with E-state index in [1.807, 2.05) is 6.07 Å². The Bertz CT molecular complexity index is 518. The molecule has 0 fully saturated rings. The number of nitrogens with zero attached hydrogens (tertiary/aromatic N) is 2. The van der Waals surface area contributed by atoms with Crippen molar-refractivity contribution in [2.75, 3.05) is 13.6 Å². The lowest BCUT2D eigenvalue weighted by Crippen LogP contribution is -2.42. The van der Waals surface area contributed by atoms with Crippen molar-refractivity contribution in [3.63, 3.8) is 0 Å². The van der Waals surface area contributed by atoms with Gasteiger partial charge in [-0.15, -0.1) is 0 Å². The number of aromatic nitrogens is 1. The molecule has 0 radical (unpaired) electrons. The van der Waals surface area contributed by atoms with Crippen LogP contribution in [0.5, 0.6) is 0 Å². The van der Waals surface area contributed by atoms with Crippen LogP contribution in [0.1, 0.15) is 25.8 Å². The van der Waals surface area contributed by atoms with Crippen LogP contribution in [0.3, 0.4) is 0 Å². The molecule has 1 heterocycles. The van der Waals surface area contributed by atoms with Crippen molar-refractivity contribution in [2.24, 2.45) is 5.73 Å². The highest BCUT2D eigenvalue weighted by molar-refractivity contribution is 5.72. The van der Waals surface area contributed by atoms with Crippen LogP contribution >= 0.6 is 0 Å². The van der Waals surface area contributed by atoms with Gasteiger partial charge in [0.05, 0.1) is 0 Å². The third-order valence-electron chi connectivity index (χ3n) is 3.60. The maximum Gasteiger partial charge on any atom is 0.181 e. The predicted octanol–water partition coefficient (Wildman–Crippen LogP) is 2.39. The van der Waals surface area contributed by atoms with Gasteiger partial charge >= 0.3 is 0 Å². The fourth-order valence-corrected chi connectivity index (χ4v) is 2.03. The topological polar surface area (TPSA) is 55.3 Å². The van der Waals surface area contributed by atoms with E-state index in [0.29, 0.717) is 6.54 Å². The number of nitrogens with two attached hydrogens (primary N) is 1. The van der Waals surface area contributed by atoms with Crippen molar-refractivity contribution in [3.8, 4) is 0 Å². The van der Waals surface area contributed by atoms with Crippen molar-refractivity contribution in [3.05, 3.63) is 30.2 Å². The molecule has 2 aromatic rings. The van der Waals surface area contributed by atoms with Gasteiger partial charge in [0.2, 0.25) is 0 Å². The maximum absolute atomic E-state index is 5.66. The molecule has 0 bridgehead atoms. The molecule has 1 aromatic carbocycles. The highest BCUT2D eigenvalue weighted by atomic mass is 16.3. The predicted molar refractivity (Wildman–Crippen MR) is 73.2 cm³/mol. The summed E-state index contributed by atoms with van der Waals surface area (Å²) < 4.78 is 5.32. The molecule has 98 valence electrons. The first kappa shape index (κ1) is 13.1. The van der Waals surface area contributed by atoms with E-state index in [1.165, 1.54) is 12.0 Å². The molecule has 0 atom stereocenters. The zero-order chi connectivity index (χ0) is 13.2. The number of rotatable bonds is 5. The van der Waals surface area contributed by atoms with Crippen LogP contribution in [0.4, 0.5) is 0 Å². The summed E-state index contributed by atoms with van der Waals surface area (Å²) in [5.74, 6) is 0. The molecule has 0 saturated carbocycles. The van der Waals surface area contributed by atoms with Gasteiger partial charge in [0, 0.05) is 12.1 Å². The largest absolute Gasteiger partial charge is 0.443 e. The molecule has 1 aromatic heterocycles. The van der Waals surface area contributed by atoms with Gasteiger partial charge in [0.1, 0.15) is 5.52 Å². The van der Waals surface area contributed by atoms with Gasteiger partial charge in [-0.1, -0.05) is 6.07 Å². The Labute approximate surface area is 108 Å². The monoisotopic (exact) mass is 247 g/mol. The average molecular weight is 247 g/mol. The van der Waals surface area contributed by atoms with Crippen molar-refractivity contribution in [2.45, 2.75) is 32.4 Å². The van der Waals surface area contributed by atoms with E-state index >= 15 is 0 Å². The Morgan fingerprint density at radius 3 is 2.89 bits per heavy atom. The van der Waals surface area contributed by atoms with Crippen LogP contribution in [0.2, 0.25) is 0 Å². The molecule has 4 heteroatoms. The van der Waals surface area contributed by atoms with Gasteiger partial charge in [-0.3, -0.25) is 4.90 Å². The molecule has 18 heavy (non-hydrogen) atoms. The second kappa shape index (κ2) is 5.08. The second-order valence-corrected chi connectivity index (χ2v) is 5.36. The van der Waals surface area contributed by atoms with Gasteiger partial charge in [-0.2, -0.15) is 0 Å². The fraction of sp³-hybridized carbons (Fsp3) is 0.500. The van der Waals surface area contributed by atoms with Crippen LogP contribution in [0.25, 0.3) is 11.1 Å². The minimum Gasteiger partial charge on any atom is -0.443 e. The fourth-order valence-electron chi connectivity index (χ4n) is 2.03. The molecule has 0 aliphatic heterocycles. The van der Waals surface area contributed by atoms with Crippen molar-refractivity contribution < 1.29 is 4.42 Å².